The second kappa shape index (κ2) is 3.08. The molecule has 1 N–H and O–H groups in total. The second-order valence-electron chi connectivity index (χ2n) is 4.18. The molecule has 68 valence electrons. The van der Waals surface area contributed by atoms with Crippen molar-refractivity contribution in [1.82, 2.24) is 4.90 Å². The van der Waals surface area contributed by atoms with Crippen LogP contribution in [-0.2, 0) is 0 Å². The maximum atomic E-state index is 7.64. The van der Waals surface area contributed by atoms with E-state index in [1.807, 2.05) is 6.92 Å². The molecular weight excluding hydrogens is 148 g/mol. The van der Waals surface area contributed by atoms with Gasteiger partial charge in [0.15, 0.2) is 0 Å². The Bertz CT molecular complexity index is 188. The lowest BCUT2D eigenvalue weighted by molar-refractivity contribution is 0.252. The van der Waals surface area contributed by atoms with E-state index in [1.54, 1.807) is 0 Å². The van der Waals surface area contributed by atoms with Crippen LogP contribution in [0.3, 0.4) is 0 Å². The fourth-order valence-corrected chi connectivity index (χ4v) is 2.82. The number of nitrogens with zero attached hydrogens (tertiary/aromatic N) is 1. The highest BCUT2D eigenvalue weighted by atomic mass is 15.2. The number of likely N-dealkylation sites (tertiary alicyclic amines) is 1. The molecular formula is C10H18N2. The van der Waals surface area contributed by atoms with Crippen LogP contribution in [0.5, 0.6) is 0 Å². The molecule has 2 aliphatic rings. The lowest BCUT2D eigenvalue weighted by Crippen LogP contribution is -2.37. The van der Waals surface area contributed by atoms with Crippen molar-refractivity contribution in [2.45, 2.75) is 45.1 Å². The molecule has 2 rings (SSSR count). The summed E-state index contributed by atoms with van der Waals surface area (Å²) in [5, 5.41) is 7.64. The van der Waals surface area contributed by atoms with Crippen molar-refractivity contribution >= 4 is 5.84 Å². The summed E-state index contributed by atoms with van der Waals surface area (Å²) in [6.07, 6.45) is 6.88. The Kier molecular flexibility index (Phi) is 2.07. The maximum Gasteiger partial charge on any atom is 0.0928 e. The van der Waals surface area contributed by atoms with Crippen molar-refractivity contribution in [3.05, 3.63) is 0 Å². The lowest BCUT2D eigenvalue weighted by Gasteiger charge is -2.32. The van der Waals surface area contributed by atoms with E-state index in [9.17, 15) is 0 Å². The monoisotopic (exact) mass is 166 g/mol. The van der Waals surface area contributed by atoms with E-state index in [0.717, 1.165) is 24.3 Å². The summed E-state index contributed by atoms with van der Waals surface area (Å²) < 4.78 is 0. The summed E-state index contributed by atoms with van der Waals surface area (Å²) in [7, 11) is 0. The van der Waals surface area contributed by atoms with Gasteiger partial charge in [-0.05, 0) is 32.1 Å². The average Bonchev–Trinajstić information content (AvgIpc) is 2.47. The topological polar surface area (TPSA) is 27.1 Å². The van der Waals surface area contributed by atoms with Gasteiger partial charge in [0, 0.05) is 12.6 Å². The van der Waals surface area contributed by atoms with E-state index in [-0.39, 0.29) is 0 Å². The Hall–Kier alpha value is -0.530. The zero-order chi connectivity index (χ0) is 8.55. The molecule has 0 spiro atoms. The normalized spacial score (nSPS) is 34.9. The number of amidine groups is 1. The predicted molar refractivity (Wildman–Crippen MR) is 50.5 cm³/mol. The van der Waals surface area contributed by atoms with E-state index < -0.39 is 0 Å². The third-order valence-electron chi connectivity index (χ3n) is 3.44. The van der Waals surface area contributed by atoms with Crippen LogP contribution in [0.1, 0.15) is 39.0 Å². The lowest BCUT2D eigenvalue weighted by atomic mass is 9.85. The molecule has 12 heavy (non-hydrogen) atoms. The van der Waals surface area contributed by atoms with Crippen LogP contribution in [0.25, 0.3) is 0 Å². The molecule has 0 bridgehead atoms. The summed E-state index contributed by atoms with van der Waals surface area (Å²) in [5.41, 5.74) is 0. The van der Waals surface area contributed by atoms with Crippen molar-refractivity contribution in [1.29, 1.82) is 5.41 Å². The van der Waals surface area contributed by atoms with Crippen molar-refractivity contribution < 1.29 is 0 Å². The Morgan fingerprint density at radius 1 is 1.25 bits per heavy atom. The van der Waals surface area contributed by atoms with Gasteiger partial charge in [0.1, 0.15) is 0 Å². The SMILES string of the molecule is CC(=N)N1CCC2CCCCC21. The first-order valence-corrected chi connectivity index (χ1v) is 5.11. The van der Waals surface area contributed by atoms with Gasteiger partial charge in [-0.3, -0.25) is 5.41 Å². The molecule has 2 atom stereocenters. The molecule has 2 heteroatoms. The third-order valence-corrected chi connectivity index (χ3v) is 3.44. The molecule has 2 unspecified atom stereocenters. The zero-order valence-electron chi connectivity index (χ0n) is 7.84. The van der Waals surface area contributed by atoms with Gasteiger partial charge in [-0.25, -0.2) is 0 Å². The summed E-state index contributed by atoms with van der Waals surface area (Å²) in [6.45, 7) is 3.07. The molecule has 2 fully saturated rings. The zero-order valence-corrected chi connectivity index (χ0v) is 7.84. The van der Waals surface area contributed by atoms with Gasteiger partial charge >= 0.3 is 0 Å². The van der Waals surface area contributed by atoms with Crippen molar-refractivity contribution in [3.63, 3.8) is 0 Å². The van der Waals surface area contributed by atoms with Crippen LogP contribution >= 0.6 is 0 Å². The highest BCUT2D eigenvalue weighted by Crippen LogP contribution is 2.35. The molecule has 1 aliphatic heterocycles. The molecule has 0 aromatic carbocycles. The quantitative estimate of drug-likeness (QED) is 0.433. The van der Waals surface area contributed by atoms with Crippen molar-refractivity contribution in [2.75, 3.05) is 6.54 Å². The summed E-state index contributed by atoms with van der Waals surface area (Å²) in [4.78, 5) is 2.31. The van der Waals surface area contributed by atoms with Gasteiger partial charge in [0.2, 0.25) is 0 Å². The van der Waals surface area contributed by atoms with Gasteiger partial charge in [-0.1, -0.05) is 12.8 Å². The number of fused-ring (bicyclic) bond motifs is 1. The minimum absolute atomic E-state index is 0.733. The highest BCUT2D eigenvalue weighted by Gasteiger charge is 2.35. The van der Waals surface area contributed by atoms with Crippen LogP contribution in [0.2, 0.25) is 0 Å². The number of nitrogens with one attached hydrogen (secondary N) is 1. The summed E-state index contributed by atoms with van der Waals surface area (Å²) in [5.74, 6) is 1.70. The first-order valence-electron chi connectivity index (χ1n) is 5.11. The largest absolute Gasteiger partial charge is 0.358 e. The molecule has 1 saturated heterocycles. The molecule has 0 aromatic heterocycles. The van der Waals surface area contributed by atoms with Gasteiger partial charge in [0.05, 0.1) is 5.84 Å². The number of hydrogen-bond acceptors (Lipinski definition) is 1. The molecule has 1 heterocycles. The highest BCUT2D eigenvalue weighted by molar-refractivity contribution is 5.77. The Labute approximate surface area is 74.5 Å². The van der Waals surface area contributed by atoms with Gasteiger partial charge in [-0.15, -0.1) is 0 Å². The minimum atomic E-state index is 0.733. The van der Waals surface area contributed by atoms with Gasteiger partial charge < -0.3 is 4.90 Å². The minimum Gasteiger partial charge on any atom is -0.358 e. The Morgan fingerprint density at radius 3 is 2.75 bits per heavy atom. The average molecular weight is 166 g/mol. The molecule has 0 aromatic rings. The van der Waals surface area contributed by atoms with E-state index >= 15 is 0 Å². The molecule has 2 nitrogen and oxygen atoms in total. The smallest absolute Gasteiger partial charge is 0.0928 e. The number of hydrogen-bond donors (Lipinski definition) is 1. The Morgan fingerprint density at radius 2 is 2.00 bits per heavy atom. The molecule has 0 amide bonds. The van der Waals surface area contributed by atoms with Crippen molar-refractivity contribution in [3.8, 4) is 0 Å². The van der Waals surface area contributed by atoms with Crippen LogP contribution < -0.4 is 0 Å². The standard InChI is InChI=1S/C10H18N2/c1-8(11)12-7-6-9-4-2-3-5-10(9)12/h9-11H,2-7H2,1H3. The van der Waals surface area contributed by atoms with E-state index in [4.69, 9.17) is 5.41 Å². The first kappa shape index (κ1) is 8.09. The fourth-order valence-electron chi connectivity index (χ4n) is 2.82. The first-order chi connectivity index (χ1) is 5.79. The summed E-state index contributed by atoms with van der Waals surface area (Å²) >= 11 is 0. The van der Waals surface area contributed by atoms with Gasteiger partial charge in [-0.2, -0.15) is 0 Å². The Balaban J connectivity index is 2.05. The van der Waals surface area contributed by atoms with Crippen LogP contribution in [0.4, 0.5) is 0 Å². The van der Waals surface area contributed by atoms with Crippen LogP contribution in [-0.4, -0.2) is 23.3 Å². The predicted octanol–water partition coefficient (Wildman–Crippen LogP) is 2.25. The molecule has 1 aliphatic carbocycles. The second-order valence-corrected chi connectivity index (χ2v) is 4.18. The summed E-state index contributed by atoms with van der Waals surface area (Å²) in [6, 6.07) is 0.733. The molecule has 0 radical (unpaired) electrons. The number of rotatable bonds is 0. The third kappa shape index (κ3) is 1.23. The van der Waals surface area contributed by atoms with E-state index in [1.165, 1.54) is 32.1 Å². The van der Waals surface area contributed by atoms with Crippen LogP contribution in [0.15, 0.2) is 0 Å². The van der Waals surface area contributed by atoms with E-state index in [2.05, 4.69) is 4.90 Å². The van der Waals surface area contributed by atoms with Crippen molar-refractivity contribution in [2.24, 2.45) is 5.92 Å². The molecule has 1 saturated carbocycles. The van der Waals surface area contributed by atoms with Gasteiger partial charge in [0.25, 0.3) is 0 Å². The maximum absolute atomic E-state index is 7.64. The fraction of sp³-hybridized carbons (Fsp3) is 0.900. The van der Waals surface area contributed by atoms with Crippen LogP contribution in [0, 0.1) is 11.3 Å². The van der Waals surface area contributed by atoms with E-state index in [0.29, 0.717) is 0 Å².